The SMILES string of the molecule is CC(=O)c1cccc(Nc2ncnc(Nc3cccc(C(C)=O)c3)c2N)c1. The summed E-state index contributed by atoms with van der Waals surface area (Å²) in [5, 5.41) is 6.20. The molecule has 0 unspecified atom stereocenters. The Morgan fingerprint density at radius 2 is 1.26 bits per heavy atom. The maximum Gasteiger partial charge on any atom is 0.159 e. The molecule has 0 bridgehead atoms. The Hall–Kier alpha value is -3.74. The lowest BCUT2D eigenvalue weighted by Crippen LogP contribution is -2.06. The van der Waals surface area contributed by atoms with E-state index in [1.54, 1.807) is 36.4 Å². The maximum absolute atomic E-state index is 11.5. The highest BCUT2D eigenvalue weighted by molar-refractivity contribution is 5.96. The smallest absolute Gasteiger partial charge is 0.159 e. The standard InChI is InChI=1S/C20H19N5O2/c1-12(26)14-5-3-7-16(9-14)24-19-18(21)20(23-11-22-19)25-17-8-4-6-15(10-17)13(2)27/h3-11H,21H2,1-2H3,(H2,22,23,24,25). The van der Waals surface area contributed by atoms with Crippen molar-refractivity contribution >= 4 is 40.3 Å². The van der Waals surface area contributed by atoms with E-state index in [0.717, 1.165) is 0 Å². The van der Waals surface area contributed by atoms with Crippen molar-refractivity contribution in [2.45, 2.75) is 13.8 Å². The molecule has 1 aromatic heterocycles. The topological polar surface area (TPSA) is 110 Å². The van der Waals surface area contributed by atoms with Crippen LogP contribution in [0.2, 0.25) is 0 Å². The maximum atomic E-state index is 11.5. The van der Waals surface area contributed by atoms with Gasteiger partial charge in [0.15, 0.2) is 23.2 Å². The number of rotatable bonds is 6. The van der Waals surface area contributed by atoms with Crippen LogP contribution in [0.4, 0.5) is 28.7 Å². The monoisotopic (exact) mass is 361 g/mol. The van der Waals surface area contributed by atoms with Gasteiger partial charge in [-0.2, -0.15) is 0 Å². The van der Waals surface area contributed by atoms with E-state index in [1.807, 2.05) is 12.1 Å². The van der Waals surface area contributed by atoms with E-state index < -0.39 is 0 Å². The van der Waals surface area contributed by atoms with Crippen LogP contribution in [0.1, 0.15) is 34.6 Å². The molecule has 7 heteroatoms. The molecule has 0 aliphatic heterocycles. The Labute approximate surface area is 156 Å². The van der Waals surface area contributed by atoms with Crippen LogP contribution >= 0.6 is 0 Å². The first-order valence-corrected chi connectivity index (χ1v) is 8.30. The van der Waals surface area contributed by atoms with Crippen molar-refractivity contribution in [3.05, 3.63) is 66.0 Å². The van der Waals surface area contributed by atoms with Crippen molar-refractivity contribution in [1.29, 1.82) is 0 Å². The minimum absolute atomic E-state index is 0.0259. The van der Waals surface area contributed by atoms with Gasteiger partial charge in [-0.1, -0.05) is 24.3 Å². The molecule has 136 valence electrons. The number of aromatic nitrogens is 2. The summed E-state index contributed by atoms with van der Waals surface area (Å²) in [6.45, 7) is 3.02. The van der Waals surface area contributed by atoms with Crippen molar-refractivity contribution in [2.75, 3.05) is 16.4 Å². The van der Waals surface area contributed by atoms with Gasteiger partial charge in [-0.05, 0) is 38.1 Å². The lowest BCUT2D eigenvalue weighted by molar-refractivity contribution is 0.100. The van der Waals surface area contributed by atoms with Gasteiger partial charge < -0.3 is 16.4 Å². The van der Waals surface area contributed by atoms with Crippen LogP contribution in [0.15, 0.2) is 54.9 Å². The summed E-state index contributed by atoms with van der Waals surface area (Å²) in [4.78, 5) is 31.4. The lowest BCUT2D eigenvalue weighted by Gasteiger charge is -2.13. The van der Waals surface area contributed by atoms with E-state index in [1.165, 1.54) is 20.2 Å². The first-order chi connectivity index (χ1) is 12.9. The molecule has 1 heterocycles. The molecule has 0 aliphatic carbocycles. The molecule has 4 N–H and O–H groups in total. The first-order valence-electron chi connectivity index (χ1n) is 8.30. The number of Topliss-reactive ketones (excluding diaryl/α,β-unsaturated/α-hetero) is 2. The molecule has 0 saturated carbocycles. The largest absolute Gasteiger partial charge is 0.393 e. The molecule has 0 fully saturated rings. The number of nitrogens with zero attached hydrogens (tertiary/aromatic N) is 2. The minimum atomic E-state index is -0.0259. The van der Waals surface area contributed by atoms with Gasteiger partial charge in [0.25, 0.3) is 0 Å². The number of ketones is 2. The van der Waals surface area contributed by atoms with E-state index in [2.05, 4.69) is 20.6 Å². The number of carbonyl (C=O) groups is 2. The van der Waals surface area contributed by atoms with E-state index >= 15 is 0 Å². The zero-order valence-corrected chi connectivity index (χ0v) is 15.0. The highest BCUT2D eigenvalue weighted by atomic mass is 16.1. The molecule has 0 spiro atoms. The van der Waals surface area contributed by atoms with Gasteiger partial charge in [0.2, 0.25) is 0 Å². The van der Waals surface area contributed by atoms with Gasteiger partial charge in [0.1, 0.15) is 12.0 Å². The quantitative estimate of drug-likeness (QED) is 0.570. The third kappa shape index (κ3) is 4.27. The van der Waals surface area contributed by atoms with Crippen LogP contribution in [0.5, 0.6) is 0 Å². The van der Waals surface area contributed by atoms with Gasteiger partial charge in [-0.15, -0.1) is 0 Å². The Morgan fingerprint density at radius 3 is 1.67 bits per heavy atom. The normalized spacial score (nSPS) is 10.3. The third-order valence-electron chi connectivity index (χ3n) is 3.95. The number of benzene rings is 2. The number of nitrogens with two attached hydrogens (primary N) is 1. The second-order valence-corrected chi connectivity index (χ2v) is 6.01. The van der Waals surface area contributed by atoms with Crippen molar-refractivity contribution in [3.63, 3.8) is 0 Å². The lowest BCUT2D eigenvalue weighted by atomic mass is 10.1. The number of hydrogen-bond donors (Lipinski definition) is 3. The summed E-state index contributed by atoms with van der Waals surface area (Å²) < 4.78 is 0. The van der Waals surface area contributed by atoms with Crippen LogP contribution < -0.4 is 16.4 Å². The van der Waals surface area contributed by atoms with E-state index in [9.17, 15) is 9.59 Å². The second-order valence-electron chi connectivity index (χ2n) is 6.01. The predicted octanol–water partition coefficient (Wildman–Crippen LogP) is 3.95. The van der Waals surface area contributed by atoms with E-state index in [0.29, 0.717) is 39.8 Å². The molecule has 27 heavy (non-hydrogen) atoms. The summed E-state index contributed by atoms with van der Waals surface area (Å²) in [7, 11) is 0. The third-order valence-corrected chi connectivity index (χ3v) is 3.95. The molecule has 2 aromatic carbocycles. The highest BCUT2D eigenvalue weighted by Gasteiger charge is 2.10. The molecule has 0 aliphatic rings. The van der Waals surface area contributed by atoms with E-state index in [4.69, 9.17) is 5.73 Å². The Balaban J connectivity index is 1.86. The number of carbonyl (C=O) groups excluding carboxylic acids is 2. The molecule has 3 aromatic rings. The summed E-state index contributed by atoms with van der Waals surface area (Å²) in [5.74, 6) is 0.774. The Kier molecular flexibility index (Phi) is 5.12. The van der Waals surface area contributed by atoms with Crippen LogP contribution in [-0.4, -0.2) is 21.5 Å². The zero-order valence-electron chi connectivity index (χ0n) is 15.0. The van der Waals surface area contributed by atoms with Gasteiger partial charge in [-0.3, -0.25) is 9.59 Å². The summed E-state index contributed by atoms with van der Waals surface area (Å²) in [5.41, 5.74) is 9.07. The van der Waals surface area contributed by atoms with Gasteiger partial charge in [-0.25, -0.2) is 9.97 Å². The average Bonchev–Trinajstić information content (AvgIpc) is 2.65. The fraction of sp³-hybridized carbons (Fsp3) is 0.100. The molecule has 0 saturated heterocycles. The number of nitrogen functional groups attached to an aromatic ring is 1. The summed E-state index contributed by atoms with van der Waals surface area (Å²) in [6.07, 6.45) is 1.38. The van der Waals surface area contributed by atoms with Crippen molar-refractivity contribution in [2.24, 2.45) is 0 Å². The molecule has 7 nitrogen and oxygen atoms in total. The van der Waals surface area contributed by atoms with Crippen LogP contribution in [-0.2, 0) is 0 Å². The van der Waals surface area contributed by atoms with Gasteiger partial charge >= 0.3 is 0 Å². The van der Waals surface area contributed by atoms with Crippen molar-refractivity contribution in [1.82, 2.24) is 9.97 Å². The zero-order chi connectivity index (χ0) is 19.4. The molecule has 0 atom stereocenters. The number of hydrogen-bond acceptors (Lipinski definition) is 7. The van der Waals surface area contributed by atoms with E-state index in [-0.39, 0.29) is 11.6 Å². The van der Waals surface area contributed by atoms with Crippen LogP contribution in [0.25, 0.3) is 0 Å². The molecule has 3 rings (SSSR count). The van der Waals surface area contributed by atoms with Crippen molar-refractivity contribution in [3.8, 4) is 0 Å². The van der Waals surface area contributed by atoms with Gasteiger partial charge in [0.05, 0.1) is 0 Å². The average molecular weight is 361 g/mol. The van der Waals surface area contributed by atoms with Crippen LogP contribution in [0, 0.1) is 0 Å². The van der Waals surface area contributed by atoms with Crippen molar-refractivity contribution < 1.29 is 9.59 Å². The fourth-order valence-corrected chi connectivity index (χ4v) is 2.50. The Morgan fingerprint density at radius 1 is 0.815 bits per heavy atom. The summed E-state index contributed by atoms with van der Waals surface area (Å²) in [6, 6.07) is 14.1. The van der Waals surface area contributed by atoms with Gasteiger partial charge in [0, 0.05) is 22.5 Å². The van der Waals surface area contributed by atoms with Crippen LogP contribution in [0.3, 0.4) is 0 Å². The molecule has 0 radical (unpaired) electrons. The first kappa shape index (κ1) is 18.1. The Bertz CT molecular complexity index is 939. The fourth-order valence-electron chi connectivity index (χ4n) is 2.50. The summed E-state index contributed by atoms with van der Waals surface area (Å²) >= 11 is 0. The number of anilines is 5. The number of nitrogens with one attached hydrogen (secondary N) is 2. The predicted molar refractivity (Wildman–Crippen MR) is 106 cm³/mol. The second kappa shape index (κ2) is 7.65. The minimum Gasteiger partial charge on any atom is -0.393 e. The molecule has 0 amide bonds. The molecular weight excluding hydrogens is 342 g/mol. The highest BCUT2D eigenvalue weighted by Crippen LogP contribution is 2.28. The molecular formula is C20H19N5O2.